The maximum absolute atomic E-state index is 12.9. The van der Waals surface area contributed by atoms with E-state index in [2.05, 4.69) is 0 Å². The first kappa shape index (κ1) is 21.4. The van der Waals surface area contributed by atoms with Crippen molar-refractivity contribution < 1.29 is 28.7 Å². The molecule has 152 valence electrons. The lowest BCUT2D eigenvalue weighted by molar-refractivity contribution is -0.484. The first-order valence-corrected chi connectivity index (χ1v) is 9.17. The van der Waals surface area contributed by atoms with Crippen LogP contribution in [0, 0.1) is 16.0 Å². The van der Waals surface area contributed by atoms with Crippen molar-refractivity contribution in [1.82, 2.24) is 0 Å². The molecule has 0 saturated heterocycles. The second kappa shape index (κ2) is 9.87. The molecule has 0 aromatic heterocycles. The minimum absolute atomic E-state index is 0.0572. The number of benzene rings is 1. The van der Waals surface area contributed by atoms with Gasteiger partial charge in [0.1, 0.15) is 11.7 Å². The van der Waals surface area contributed by atoms with Gasteiger partial charge < -0.3 is 14.2 Å². The molecule has 0 radical (unpaired) electrons. The summed E-state index contributed by atoms with van der Waals surface area (Å²) in [4.78, 5) is 36.2. The molecule has 8 nitrogen and oxygen atoms in total. The number of carbonyl (C=O) groups excluding carboxylic acids is 2. The van der Waals surface area contributed by atoms with Crippen molar-refractivity contribution in [1.29, 1.82) is 0 Å². The lowest BCUT2D eigenvalue weighted by Crippen LogP contribution is -2.35. The van der Waals surface area contributed by atoms with Crippen LogP contribution in [-0.4, -0.2) is 36.6 Å². The summed E-state index contributed by atoms with van der Waals surface area (Å²) in [6.45, 7) is 5.03. The molecule has 0 amide bonds. The lowest BCUT2D eigenvalue weighted by atomic mass is 9.81. The van der Waals surface area contributed by atoms with Crippen LogP contribution < -0.4 is 9.47 Å². The van der Waals surface area contributed by atoms with E-state index in [-0.39, 0.29) is 25.6 Å². The minimum Gasteiger partial charge on any atom is -0.465 e. The number of nitrogens with zero attached hydrogens (tertiary/aromatic N) is 1. The third kappa shape index (κ3) is 5.55. The van der Waals surface area contributed by atoms with E-state index < -0.39 is 29.3 Å². The van der Waals surface area contributed by atoms with Gasteiger partial charge in [-0.25, -0.2) is 0 Å². The fraction of sp³-hybridized carbons (Fsp3) is 0.500. The Bertz CT molecular complexity index is 768. The Balaban J connectivity index is 2.37. The van der Waals surface area contributed by atoms with E-state index in [1.54, 1.807) is 25.1 Å². The molecule has 1 aromatic rings. The van der Waals surface area contributed by atoms with Crippen molar-refractivity contribution in [2.45, 2.75) is 39.5 Å². The van der Waals surface area contributed by atoms with Gasteiger partial charge >= 0.3 is 5.97 Å². The number of hydrogen-bond donors (Lipinski definition) is 0. The van der Waals surface area contributed by atoms with Crippen LogP contribution in [-0.2, 0) is 14.3 Å². The third-order valence-corrected chi connectivity index (χ3v) is 4.40. The van der Waals surface area contributed by atoms with Gasteiger partial charge in [-0.1, -0.05) is 17.7 Å². The molecular formula is C20H25NO7. The first-order valence-electron chi connectivity index (χ1n) is 9.17. The quantitative estimate of drug-likeness (QED) is 0.198. The highest BCUT2D eigenvalue weighted by molar-refractivity contribution is 6.00. The van der Waals surface area contributed by atoms with Gasteiger partial charge in [0.2, 0.25) is 13.3 Å². The van der Waals surface area contributed by atoms with E-state index in [0.29, 0.717) is 23.5 Å². The van der Waals surface area contributed by atoms with E-state index in [1.807, 2.05) is 19.9 Å². The molecule has 8 heteroatoms. The number of ketones is 1. The monoisotopic (exact) mass is 391 g/mol. The minimum atomic E-state index is -1.25. The van der Waals surface area contributed by atoms with Gasteiger partial charge in [0.25, 0.3) is 0 Å². The normalized spacial score (nSPS) is 14.1. The summed E-state index contributed by atoms with van der Waals surface area (Å²) in [5.74, 6) is -2.37. The molecule has 1 aromatic carbocycles. The van der Waals surface area contributed by atoms with Crippen LogP contribution in [0.3, 0.4) is 0 Å². The molecule has 28 heavy (non-hydrogen) atoms. The summed E-state index contributed by atoms with van der Waals surface area (Å²) < 4.78 is 15.7. The van der Waals surface area contributed by atoms with Gasteiger partial charge in [-0.05, 0) is 44.9 Å². The molecule has 2 rings (SSSR count). The third-order valence-electron chi connectivity index (χ3n) is 4.40. The number of esters is 1. The standard InChI is InChI=1S/C20H25NO7/c1-4-26-20(23)19(16(22)7-5-6-13(2)3)15(11-21(24)25)14-8-9-17-18(10-14)28-12-27-17/h6,8-10,15,19H,4-5,7,11-12H2,1-3H3. The molecular weight excluding hydrogens is 366 g/mol. The first-order chi connectivity index (χ1) is 13.3. The van der Waals surface area contributed by atoms with Crippen LogP contribution in [0.15, 0.2) is 29.8 Å². The summed E-state index contributed by atoms with van der Waals surface area (Å²) in [6.07, 6.45) is 2.46. The van der Waals surface area contributed by atoms with Crippen molar-refractivity contribution in [3.8, 4) is 11.5 Å². The second-order valence-corrected chi connectivity index (χ2v) is 6.75. The number of allylic oxidation sites excluding steroid dienone is 2. The van der Waals surface area contributed by atoms with Crippen molar-refractivity contribution in [3.63, 3.8) is 0 Å². The summed E-state index contributed by atoms with van der Waals surface area (Å²) in [6, 6.07) is 4.84. The van der Waals surface area contributed by atoms with E-state index >= 15 is 0 Å². The van der Waals surface area contributed by atoms with E-state index in [4.69, 9.17) is 14.2 Å². The molecule has 0 spiro atoms. The van der Waals surface area contributed by atoms with Crippen LogP contribution in [0.25, 0.3) is 0 Å². The molecule has 0 saturated carbocycles. The zero-order valence-corrected chi connectivity index (χ0v) is 16.3. The molecule has 0 bridgehead atoms. The van der Waals surface area contributed by atoms with E-state index in [1.165, 1.54) is 0 Å². The van der Waals surface area contributed by atoms with Crippen LogP contribution in [0.5, 0.6) is 11.5 Å². The highest BCUT2D eigenvalue weighted by Gasteiger charge is 2.40. The average molecular weight is 391 g/mol. The maximum Gasteiger partial charge on any atom is 0.317 e. The second-order valence-electron chi connectivity index (χ2n) is 6.75. The zero-order chi connectivity index (χ0) is 20.7. The largest absolute Gasteiger partial charge is 0.465 e. The molecule has 1 aliphatic rings. The van der Waals surface area contributed by atoms with Crippen LogP contribution in [0.1, 0.15) is 45.1 Å². The Morgan fingerprint density at radius 1 is 1.29 bits per heavy atom. The van der Waals surface area contributed by atoms with Gasteiger partial charge in [0.05, 0.1) is 12.5 Å². The number of carbonyl (C=O) groups is 2. The van der Waals surface area contributed by atoms with Gasteiger partial charge in [-0.3, -0.25) is 19.7 Å². The van der Waals surface area contributed by atoms with Crippen molar-refractivity contribution >= 4 is 11.8 Å². The van der Waals surface area contributed by atoms with Gasteiger partial charge in [-0.2, -0.15) is 0 Å². The highest BCUT2D eigenvalue weighted by atomic mass is 16.7. The predicted octanol–water partition coefficient (Wildman–Crippen LogP) is 3.27. The molecule has 0 N–H and O–H groups in total. The summed E-state index contributed by atoms with van der Waals surface area (Å²) in [7, 11) is 0. The number of nitro groups is 1. The van der Waals surface area contributed by atoms with Gasteiger partial charge in [-0.15, -0.1) is 0 Å². The smallest absolute Gasteiger partial charge is 0.317 e. The van der Waals surface area contributed by atoms with Crippen LogP contribution in [0.2, 0.25) is 0 Å². The van der Waals surface area contributed by atoms with Gasteiger partial charge in [0, 0.05) is 11.3 Å². The fourth-order valence-electron chi connectivity index (χ4n) is 3.12. The molecule has 2 unspecified atom stereocenters. The van der Waals surface area contributed by atoms with Gasteiger partial charge in [0.15, 0.2) is 11.5 Å². The summed E-state index contributed by atoms with van der Waals surface area (Å²) >= 11 is 0. The topological polar surface area (TPSA) is 105 Å². The SMILES string of the molecule is CCOC(=O)C(C(=O)CCC=C(C)C)C(C[N+](=O)[O-])c1ccc2c(c1)OCO2. The number of rotatable bonds is 10. The Labute approximate surface area is 163 Å². The van der Waals surface area contributed by atoms with Crippen molar-refractivity contribution in [2.24, 2.45) is 5.92 Å². The van der Waals surface area contributed by atoms with Crippen LogP contribution in [0.4, 0.5) is 0 Å². The van der Waals surface area contributed by atoms with Crippen molar-refractivity contribution in [2.75, 3.05) is 19.9 Å². The number of ether oxygens (including phenoxy) is 3. The van der Waals surface area contributed by atoms with Crippen LogP contribution >= 0.6 is 0 Å². The zero-order valence-electron chi connectivity index (χ0n) is 16.3. The number of hydrogen-bond acceptors (Lipinski definition) is 7. The van der Waals surface area contributed by atoms with E-state index in [0.717, 1.165) is 5.57 Å². The fourth-order valence-corrected chi connectivity index (χ4v) is 3.12. The molecule has 1 aliphatic heterocycles. The average Bonchev–Trinajstić information content (AvgIpc) is 3.08. The Morgan fingerprint density at radius 3 is 2.64 bits per heavy atom. The highest BCUT2D eigenvalue weighted by Crippen LogP contribution is 2.37. The Morgan fingerprint density at radius 2 is 2.00 bits per heavy atom. The maximum atomic E-state index is 12.9. The molecule has 1 heterocycles. The number of Topliss-reactive ketones (excluding diaryl/α,β-unsaturated/α-hetero) is 1. The lowest BCUT2D eigenvalue weighted by Gasteiger charge is -2.22. The Hall–Kier alpha value is -2.90. The summed E-state index contributed by atoms with van der Waals surface area (Å²) in [5, 5.41) is 11.3. The predicted molar refractivity (Wildman–Crippen MR) is 101 cm³/mol. The summed E-state index contributed by atoms with van der Waals surface area (Å²) in [5.41, 5.74) is 1.52. The Kier molecular flexibility index (Phi) is 7.54. The van der Waals surface area contributed by atoms with Crippen molar-refractivity contribution in [3.05, 3.63) is 45.5 Å². The van der Waals surface area contributed by atoms with E-state index in [9.17, 15) is 19.7 Å². The molecule has 2 atom stereocenters. The molecule has 0 fully saturated rings. The number of fused-ring (bicyclic) bond motifs is 1. The molecule has 0 aliphatic carbocycles.